The van der Waals surface area contributed by atoms with Crippen LogP contribution in [0.1, 0.15) is 25.3 Å². The van der Waals surface area contributed by atoms with Gasteiger partial charge in [-0.1, -0.05) is 25.5 Å². The summed E-state index contributed by atoms with van der Waals surface area (Å²) in [7, 11) is 1.69. The molecule has 0 spiro atoms. The van der Waals surface area contributed by atoms with Gasteiger partial charge in [-0.2, -0.15) is 5.26 Å². The molecule has 16 heavy (non-hydrogen) atoms. The van der Waals surface area contributed by atoms with Crippen LogP contribution in [0.4, 0.5) is 5.69 Å². The molecule has 0 saturated carbocycles. The van der Waals surface area contributed by atoms with Crippen molar-refractivity contribution in [3.05, 3.63) is 29.8 Å². The lowest BCUT2D eigenvalue weighted by Gasteiger charge is -2.16. The number of carbonyl (C=O) groups excluding carboxylic acids is 1. The molecule has 0 radical (unpaired) electrons. The Morgan fingerprint density at radius 3 is 2.50 bits per heavy atom. The van der Waals surface area contributed by atoms with Crippen LogP contribution in [0.2, 0.25) is 0 Å². The van der Waals surface area contributed by atoms with Gasteiger partial charge in [0.2, 0.25) is 5.91 Å². The molecule has 1 amide bonds. The molecule has 0 aliphatic rings. The topological polar surface area (TPSA) is 44.1 Å². The van der Waals surface area contributed by atoms with E-state index in [1.807, 2.05) is 30.3 Å². The highest BCUT2D eigenvalue weighted by molar-refractivity contribution is 5.93. The van der Waals surface area contributed by atoms with Crippen molar-refractivity contribution in [2.75, 3.05) is 11.9 Å². The zero-order valence-corrected chi connectivity index (χ0v) is 9.73. The van der Waals surface area contributed by atoms with Crippen molar-refractivity contribution in [1.82, 2.24) is 0 Å². The molecule has 0 bridgehead atoms. The average molecular weight is 216 g/mol. The second kappa shape index (κ2) is 5.92. The van der Waals surface area contributed by atoms with Crippen molar-refractivity contribution in [1.29, 1.82) is 5.26 Å². The fourth-order valence-electron chi connectivity index (χ4n) is 1.51. The van der Waals surface area contributed by atoms with Crippen LogP contribution in [0, 0.1) is 11.3 Å². The molecule has 0 saturated heterocycles. The van der Waals surface area contributed by atoms with E-state index in [-0.39, 0.29) is 12.3 Å². The van der Waals surface area contributed by atoms with E-state index in [1.54, 1.807) is 7.05 Å². The van der Waals surface area contributed by atoms with Crippen LogP contribution >= 0.6 is 0 Å². The number of aryl methyl sites for hydroxylation is 1. The SMILES string of the molecule is CCCc1ccc(N(C)C(=O)CC#N)cc1. The van der Waals surface area contributed by atoms with Gasteiger partial charge in [0.25, 0.3) is 0 Å². The Kier molecular flexibility index (Phi) is 4.53. The van der Waals surface area contributed by atoms with E-state index in [1.165, 1.54) is 10.5 Å². The Hall–Kier alpha value is -1.82. The van der Waals surface area contributed by atoms with Gasteiger partial charge in [-0.05, 0) is 24.1 Å². The second-order valence-electron chi connectivity index (χ2n) is 3.70. The highest BCUT2D eigenvalue weighted by atomic mass is 16.2. The first-order valence-electron chi connectivity index (χ1n) is 5.41. The minimum atomic E-state index is -0.175. The van der Waals surface area contributed by atoms with E-state index in [9.17, 15) is 4.79 Å². The van der Waals surface area contributed by atoms with Gasteiger partial charge in [-0.3, -0.25) is 4.79 Å². The first-order valence-corrected chi connectivity index (χ1v) is 5.41. The lowest BCUT2D eigenvalue weighted by molar-refractivity contribution is -0.117. The van der Waals surface area contributed by atoms with E-state index in [0.29, 0.717) is 0 Å². The summed E-state index contributed by atoms with van der Waals surface area (Å²) in [4.78, 5) is 13.0. The van der Waals surface area contributed by atoms with Crippen LogP contribution in [-0.4, -0.2) is 13.0 Å². The van der Waals surface area contributed by atoms with Crippen LogP contribution < -0.4 is 4.90 Å². The predicted molar refractivity (Wildman–Crippen MR) is 64.1 cm³/mol. The summed E-state index contributed by atoms with van der Waals surface area (Å²) >= 11 is 0. The van der Waals surface area contributed by atoms with Gasteiger partial charge in [-0.15, -0.1) is 0 Å². The van der Waals surface area contributed by atoms with E-state index >= 15 is 0 Å². The zero-order chi connectivity index (χ0) is 12.0. The standard InChI is InChI=1S/C13H16N2O/c1-3-4-11-5-7-12(8-6-11)15(2)13(16)9-10-14/h5-8H,3-4,9H2,1-2H3. The van der Waals surface area contributed by atoms with Gasteiger partial charge in [0.1, 0.15) is 6.42 Å². The fraction of sp³-hybridized carbons (Fsp3) is 0.385. The smallest absolute Gasteiger partial charge is 0.240 e. The predicted octanol–water partition coefficient (Wildman–Crippen LogP) is 2.52. The van der Waals surface area contributed by atoms with Gasteiger partial charge in [0.05, 0.1) is 6.07 Å². The van der Waals surface area contributed by atoms with Crippen molar-refractivity contribution in [3.8, 4) is 6.07 Å². The number of nitrogens with zero attached hydrogens (tertiary/aromatic N) is 2. The molecule has 0 unspecified atom stereocenters. The van der Waals surface area contributed by atoms with Crippen molar-refractivity contribution in [3.63, 3.8) is 0 Å². The summed E-state index contributed by atoms with van der Waals surface area (Å²) in [5.74, 6) is -0.175. The molecule has 3 heteroatoms. The van der Waals surface area contributed by atoms with Crippen molar-refractivity contribution in [2.24, 2.45) is 0 Å². The lowest BCUT2D eigenvalue weighted by atomic mass is 10.1. The van der Waals surface area contributed by atoms with Crippen LogP contribution in [0.25, 0.3) is 0 Å². The van der Waals surface area contributed by atoms with Gasteiger partial charge in [0.15, 0.2) is 0 Å². The van der Waals surface area contributed by atoms with Crippen molar-refractivity contribution in [2.45, 2.75) is 26.2 Å². The molecule has 84 valence electrons. The minimum Gasteiger partial charge on any atom is -0.315 e. The van der Waals surface area contributed by atoms with Crippen LogP contribution in [0.3, 0.4) is 0 Å². The average Bonchev–Trinajstić information content (AvgIpc) is 2.30. The van der Waals surface area contributed by atoms with E-state index in [0.717, 1.165) is 18.5 Å². The Morgan fingerprint density at radius 1 is 1.38 bits per heavy atom. The van der Waals surface area contributed by atoms with E-state index in [2.05, 4.69) is 6.92 Å². The van der Waals surface area contributed by atoms with Gasteiger partial charge >= 0.3 is 0 Å². The lowest BCUT2D eigenvalue weighted by Crippen LogP contribution is -2.25. The number of anilines is 1. The number of carbonyl (C=O) groups is 1. The van der Waals surface area contributed by atoms with Crippen molar-refractivity contribution >= 4 is 11.6 Å². The Bertz CT molecular complexity index is 389. The van der Waals surface area contributed by atoms with Gasteiger partial charge in [-0.25, -0.2) is 0 Å². The van der Waals surface area contributed by atoms with Crippen LogP contribution in [0.15, 0.2) is 24.3 Å². The highest BCUT2D eigenvalue weighted by Crippen LogP contribution is 2.15. The number of hydrogen-bond acceptors (Lipinski definition) is 2. The van der Waals surface area contributed by atoms with Gasteiger partial charge in [0, 0.05) is 12.7 Å². The molecular formula is C13H16N2O. The molecule has 0 aliphatic heterocycles. The molecule has 0 heterocycles. The maximum absolute atomic E-state index is 11.5. The number of rotatable bonds is 4. The summed E-state index contributed by atoms with van der Waals surface area (Å²) in [5, 5.41) is 8.45. The van der Waals surface area contributed by atoms with Crippen molar-refractivity contribution < 1.29 is 4.79 Å². The highest BCUT2D eigenvalue weighted by Gasteiger charge is 2.09. The number of hydrogen-bond donors (Lipinski definition) is 0. The monoisotopic (exact) mass is 216 g/mol. The molecule has 0 atom stereocenters. The Morgan fingerprint density at radius 2 is 2.00 bits per heavy atom. The summed E-state index contributed by atoms with van der Waals surface area (Å²) in [5.41, 5.74) is 2.10. The Labute approximate surface area is 96.3 Å². The molecule has 0 fully saturated rings. The molecule has 0 aliphatic carbocycles. The quantitative estimate of drug-likeness (QED) is 0.776. The van der Waals surface area contributed by atoms with Crippen LogP contribution in [0.5, 0.6) is 0 Å². The summed E-state index contributed by atoms with van der Waals surface area (Å²) < 4.78 is 0. The third kappa shape index (κ3) is 3.09. The molecule has 1 rings (SSSR count). The largest absolute Gasteiger partial charge is 0.315 e. The molecule has 0 N–H and O–H groups in total. The van der Waals surface area contributed by atoms with E-state index in [4.69, 9.17) is 5.26 Å². The minimum absolute atomic E-state index is 0.0762. The third-order valence-corrected chi connectivity index (χ3v) is 2.47. The third-order valence-electron chi connectivity index (χ3n) is 2.47. The van der Waals surface area contributed by atoms with E-state index < -0.39 is 0 Å². The molecule has 1 aromatic carbocycles. The molecule has 3 nitrogen and oxygen atoms in total. The summed E-state index contributed by atoms with van der Waals surface area (Å²) in [6.07, 6.45) is 2.09. The molecule has 1 aromatic rings. The fourth-order valence-corrected chi connectivity index (χ4v) is 1.51. The maximum Gasteiger partial charge on any atom is 0.240 e. The maximum atomic E-state index is 11.5. The first-order chi connectivity index (χ1) is 7.69. The van der Waals surface area contributed by atoms with Gasteiger partial charge < -0.3 is 4.90 Å². The number of benzene rings is 1. The number of nitriles is 1. The molecular weight excluding hydrogens is 200 g/mol. The summed E-state index contributed by atoms with van der Waals surface area (Å²) in [6.45, 7) is 2.14. The summed E-state index contributed by atoms with van der Waals surface area (Å²) in [6, 6.07) is 9.74. The number of amides is 1. The Balaban J connectivity index is 2.74. The normalized spacial score (nSPS) is 9.56. The first kappa shape index (κ1) is 12.3. The molecule has 0 aromatic heterocycles. The second-order valence-corrected chi connectivity index (χ2v) is 3.70. The van der Waals surface area contributed by atoms with Crippen LogP contribution in [-0.2, 0) is 11.2 Å². The zero-order valence-electron chi connectivity index (χ0n) is 9.73.